The van der Waals surface area contributed by atoms with Gasteiger partial charge in [0, 0.05) is 18.5 Å². The Morgan fingerprint density at radius 2 is 1.92 bits per heavy atom. The van der Waals surface area contributed by atoms with Gasteiger partial charge < -0.3 is 10.0 Å². The van der Waals surface area contributed by atoms with Gasteiger partial charge in [0.15, 0.2) is 0 Å². The molecule has 0 spiro atoms. The van der Waals surface area contributed by atoms with Crippen LogP contribution in [0, 0.1) is 12.8 Å². The van der Waals surface area contributed by atoms with Crippen LogP contribution in [0.25, 0.3) is 0 Å². The van der Waals surface area contributed by atoms with Crippen LogP contribution in [-0.4, -0.2) is 29.6 Å². The molecule has 2 heteroatoms. The number of aromatic hydroxyl groups is 1. The molecule has 0 bridgehead atoms. The van der Waals surface area contributed by atoms with E-state index in [1.807, 2.05) is 12.1 Å². The van der Waals surface area contributed by atoms with Gasteiger partial charge in [0.25, 0.3) is 0 Å². The molecule has 1 aliphatic heterocycles. The Kier molecular flexibility index (Phi) is 5.04. The third-order valence-electron chi connectivity index (χ3n) is 6.82. The lowest BCUT2D eigenvalue weighted by atomic mass is 9.59. The Bertz CT molecular complexity index is 738. The third-order valence-corrected chi connectivity index (χ3v) is 6.82. The van der Waals surface area contributed by atoms with Crippen LogP contribution in [0.4, 0.5) is 0 Å². The molecular formula is C24H31NO. The average molecular weight is 350 g/mol. The summed E-state index contributed by atoms with van der Waals surface area (Å²) < 4.78 is 0. The number of hydrogen-bond donors (Lipinski definition) is 1. The van der Waals surface area contributed by atoms with E-state index < -0.39 is 0 Å². The van der Waals surface area contributed by atoms with E-state index in [9.17, 15) is 5.11 Å². The number of benzene rings is 2. The van der Waals surface area contributed by atoms with Gasteiger partial charge in [0.1, 0.15) is 5.75 Å². The molecule has 2 atom stereocenters. The predicted octanol–water partition coefficient (Wildman–Crippen LogP) is 5.08. The molecule has 1 heterocycles. The lowest BCUT2D eigenvalue weighted by Crippen LogP contribution is -2.51. The molecule has 1 aliphatic carbocycles. The lowest BCUT2D eigenvalue weighted by Gasteiger charge is -2.51. The zero-order valence-electron chi connectivity index (χ0n) is 16.0. The number of nitrogens with zero attached hydrogens (tertiary/aromatic N) is 1. The number of likely N-dealkylation sites (tertiary alicyclic amines) is 1. The summed E-state index contributed by atoms with van der Waals surface area (Å²) in [6.07, 6.45) is 7.68. The molecule has 2 aliphatic rings. The van der Waals surface area contributed by atoms with E-state index in [4.69, 9.17) is 0 Å². The first-order chi connectivity index (χ1) is 12.7. The number of aryl methyl sites for hydroxylation is 1. The predicted molar refractivity (Wildman–Crippen MR) is 108 cm³/mol. The molecule has 4 rings (SSSR count). The zero-order valence-corrected chi connectivity index (χ0v) is 16.0. The first kappa shape index (κ1) is 17.6. The Labute approximate surface area is 157 Å². The van der Waals surface area contributed by atoms with Crippen LogP contribution in [-0.2, 0) is 11.8 Å². The second-order valence-electron chi connectivity index (χ2n) is 8.44. The van der Waals surface area contributed by atoms with E-state index in [0.29, 0.717) is 5.75 Å². The molecule has 2 aromatic rings. The molecule has 2 nitrogen and oxygen atoms in total. The van der Waals surface area contributed by atoms with E-state index in [0.717, 1.165) is 18.9 Å². The Hall–Kier alpha value is -1.80. The van der Waals surface area contributed by atoms with Crippen LogP contribution in [0.15, 0.2) is 48.5 Å². The number of piperidine rings is 1. The van der Waals surface area contributed by atoms with Crippen molar-refractivity contribution in [3.8, 4) is 5.75 Å². The van der Waals surface area contributed by atoms with Crippen molar-refractivity contribution in [2.45, 2.75) is 50.9 Å². The summed E-state index contributed by atoms with van der Waals surface area (Å²) in [6, 6.07) is 17.1. The van der Waals surface area contributed by atoms with Crippen molar-refractivity contribution in [2.24, 2.45) is 5.92 Å². The number of phenolic OH excluding ortho intramolecular Hbond substituents is 1. The molecule has 0 radical (unpaired) electrons. The van der Waals surface area contributed by atoms with E-state index in [1.165, 1.54) is 61.9 Å². The molecule has 1 saturated carbocycles. The molecule has 0 amide bonds. The van der Waals surface area contributed by atoms with Crippen LogP contribution < -0.4 is 0 Å². The summed E-state index contributed by atoms with van der Waals surface area (Å²) >= 11 is 0. The van der Waals surface area contributed by atoms with Crippen molar-refractivity contribution < 1.29 is 5.11 Å². The van der Waals surface area contributed by atoms with E-state index in [1.54, 1.807) is 6.07 Å². The number of rotatable bonds is 4. The fourth-order valence-electron chi connectivity index (χ4n) is 5.25. The smallest absolute Gasteiger partial charge is 0.115 e. The highest BCUT2D eigenvalue weighted by molar-refractivity contribution is 5.35. The van der Waals surface area contributed by atoms with Gasteiger partial charge in [-0.2, -0.15) is 0 Å². The van der Waals surface area contributed by atoms with E-state index in [-0.39, 0.29) is 5.41 Å². The molecular weight excluding hydrogens is 318 g/mol. The molecule has 1 saturated heterocycles. The van der Waals surface area contributed by atoms with Crippen molar-refractivity contribution in [3.05, 3.63) is 65.2 Å². The Balaban J connectivity index is 1.46. The minimum absolute atomic E-state index is 0.289. The number of fused-ring (bicyclic) bond motifs is 1. The van der Waals surface area contributed by atoms with Crippen LogP contribution in [0.2, 0.25) is 0 Å². The van der Waals surface area contributed by atoms with Crippen molar-refractivity contribution in [1.82, 2.24) is 4.90 Å². The first-order valence-electron chi connectivity index (χ1n) is 10.2. The Morgan fingerprint density at radius 3 is 2.73 bits per heavy atom. The van der Waals surface area contributed by atoms with Crippen molar-refractivity contribution in [2.75, 3.05) is 19.6 Å². The van der Waals surface area contributed by atoms with Gasteiger partial charge in [-0.3, -0.25) is 0 Å². The topological polar surface area (TPSA) is 23.5 Å². The van der Waals surface area contributed by atoms with Gasteiger partial charge >= 0.3 is 0 Å². The zero-order chi connectivity index (χ0) is 18.0. The normalized spacial score (nSPS) is 26.4. The van der Waals surface area contributed by atoms with Gasteiger partial charge in [-0.1, -0.05) is 54.8 Å². The molecule has 26 heavy (non-hydrogen) atoms. The lowest BCUT2D eigenvalue weighted by molar-refractivity contribution is 0.0568. The summed E-state index contributed by atoms with van der Waals surface area (Å²) in [6.45, 7) is 5.70. The van der Waals surface area contributed by atoms with Gasteiger partial charge in [-0.25, -0.2) is 0 Å². The van der Waals surface area contributed by atoms with E-state index >= 15 is 0 Å². The second kappa shape index (κ2) is 7.44. The van der Waals surface area contributed by atoms with Gasteiger partial charge in [-0.05, 0) is 68.3 Å². The van der Waals surface area contributed by atoms with Gasteiger partial charge in [0.05, 0.1) is 0 Å². The van der Waals surface area contributed by atoms with Crippen molar-refractivity contribution >= 4 is 0 Å². The standard InChI is InChI=1S/C24H31NO/c1-19-8-10-20(11-9-19)12-15-25-16-14-24(13-3-2-5-22(24)18-25)21-6-4-7-23(26)17-21/h4,6-11,17,22,26H,2-3,5,12-16,18H2,1H3/t22-,24-/m1/s1. The second-order valence-corrected chi connectivity index (χ2v) is 8.44. The summed E-state index contributed by atoms with van der Waals surface area (Å²) in [5.41, 5.74) is 4.45. The minimum atomic E-state index is 0.289. The first-order valence-corrected chi connectivity index (χ1v) is 10.2. The Morgan fingerprint density at radius 1 is 1.08 bits per heavy atom. The maximum Gasteiger partial charge on any atom is 0.115 e. The highest BCUT2D eigenvalue weighted by Crippen LogP contribution is 2.49. The SMILES string of the molecule is Cc1ccc(CCN2CC[C@@]3(c4cccc(O)c4)CCCC[C@@H]3C2)cc1. The van der Waals surface area contributed by atoms with Gasteiger partial charge in [0.2, 0.25) is 0 Å². The fraction of sp³-hybridized carbons (Fsp3) is 0.500. The highest BCUT2D eigenvalue weighted by atomic mass is 16.3. The fourth-order valence-corrected chi connectivity index (χ4v) is 5.25. The molecule has 0 aromatic heterocycles. The van der Waals surface area contributed by atoms with Crippen LogP contribution in [0.3, 0.4) is 0 Å². The summed E-state index contributed by atoms with van der Waals surface area (Å²) in [7, 11) is 0. The molecule has 1 N–H and O–H groups in total. The highest BCUT2D eigenvalue weighted by Gasteiger charge is 2.45. The molecule has 2 aromatic carbocycles. The molecule has 2 fully saturated rings. The third kappa shape index (κ3) is 3.53. The quantitative estimate of drug-likeness (QED) is 0.832. The maximum absolute atomic E-state index is 10.0. The van der Waals surface area contributed by atoms with E-state index in [2.05, 4.69) is 42.2 Å². The molecule has 138 valence electrons. The summed E-state index contributed by atoms with van der Waals surface area (Å²) in [5, 5.41) is 10.0. The number of phenols is 1. The monoisotopic (exact) mass is 349 g/mol. The average Bonchev–Trinajstić information content (AvgIpc) is 2.67. The summed E-state index contributed by atoms with van der Waals surface area (Å²) in [5.74, 6) is 1.15. The van der Waals surface area contributed by atoms with Crippen LogP contribution >= 0.6 is 0 Å². The van der Waals surface area contributed by atoms with Crippen LogP contribution in [0.1, 0.15) is 48.8 Å². The largest absolute Gasteiger partial charge is 0.508 e. The van der Waals surface area contributed by atoms with Crippen LogP contribution in [0.5, 0.6) is 5.75 Å². The van der Waals surface area contributed by atoms with Crippen molar-refractivity contribution in [3.63, 3.8) is 0 Å². The number of hydrogen-bond acceptors (Lipinski definition) is 2. The maximum atomic E-state index is 10.0. The van der Waals surface area contributed by atoms with Crippen molar-refractivity contribution in [1.29, 1.82) is 0 Å². The summed E-state index contributed by atoms with van der Waals surface area (Å²) in [4.78, 5) is 2.68. The van der Waals surface area contributed by atoms with Gasteiger partial charge in [-0.15, -0.1) is 0 Å². The minimum Gasteiger partial charge on any atom is -0.508 e. The molecule has 0 unspecified atom stereocenters.